The Morgan fingerprint density at radius 3 is 2.55 bits per heavy atom. The largest absolute Gasteiger partial charge is 0.492 e. The number of hydrogen-bond acceptors (Lipinski definition) is 4. The molecule has 5 nitrogen and oxygen atoms in total. The van der Waals surface area contributed by atoms with Gasteiger partial charge in [-0.25, -0.2) is 4.79 Å². The van der Waals surface area contributed by atoms with Gasteiger partial charge in [-0.05, 0) is 36.4 Å². The van der Waals surface area contributed by atoms with Gasteiger partial charge >= 0.3 is 13.1 Å². The van der Waals surface area contributed by atoms with Crippen LogP contribution in [0.2, 0.25) is 0 Å². The summed E-state index contributed by atoms with van der Waals surface area (Å²) in [5.41, 5.74) is 0.277. The van der Waals surface area contributed by atoms with E-state index in [4.69, 9.17) is 19.9 Å². The van der Waals surface area contributed by atoms with Crippen molar-refractivity contribution in [1.82, 2.24) is 0 Å². The molecule has 6 heteroatoms. The molecular weight excluding hydrogens is 259 g/mol. The predicted octanol–water partition coefficient (Wildman–Crippen LogP) is 1.02. The number of ether oxygens (including phenoxy) is 1. The fourth-order valence-corrected chi connectivity index (χ4v) is 2.56. The summed E-state index contributed by atoms with van der Waals surface area (Å²) in [6.07, 6.45) is 5.84. The maximum Gasteiger partial charge on any atom is 0.488 e. The molecule has 0 heterocycles. The lowest BCUT2D eigenvalue weighted by atomic mass is 9.80. The zero-order valence-electron chi connectivity index (χ0n) is 11.3. The van der Waals surface area contributed by atoms with Crippen LogP contribution in [0, 0.1) is 5.92 Å². The quantitative estimate of drug-likeness (QED) is 0.700. The maximum absolute atomic E-state index is 11.1. The monoisotopic (exact) mass is 278 g/mol. The summed E-state index contributed by atoms with van der Waals surface area (Å²) in [6, 6.07) is 4.10. The van der Waals surface area contributed by atoms with Crippen LogP contribution in [0.1, 0.15) is 42.5 Å². The summed E-state index contributed by atoms with van der Waals surface area (Å²) in [4.78, 5) is 11.1. The number of benzene rings is 1. The first-order valence-electron chi connectivity index (χ1n) is 6.94. The van der Waals surface area contributed by atoms with Gasteiger partial charge in [0.15, 0.2) is 0 Å². The minimum atomic E-state index is -1.63. The average Bonchev–Trinajstić information content (AvgIpc) is 2.45. The molecule has 0 amide bonds. The van der Waals surface area contributed by atoms with Crippen LogP contribution in [-0.4, -0.2) is 34.8 Å². The van der Waals surface area contributed by atoms with Gasteiger partial charge in [0.25, 0.3) is 0 Å². The molecule has 0 atom stereocenters. The van der Waals surface area contributed by atoms with Gasteiger partial charge in [-0.2, -0.15) is 0 Å². The van der Waals surface area contributed by atoms with Crippen molar-refractivity contribution < 1.29 is 24.7 Å². The predicted molar refractivity (Wildman–Crippen MR) is 75.3 cm³/mol. The van der Waals surface area contributed by atoms with Crippen LogP contribution in [0.3, 0.4) is 0 Å². The molecule has 0 radical (unpaired) electrons. The molecule has 1 aliphatic rings. The van der Waals surface area contributed by atoms with Gasteiger partial charge in [0, 0.05) is 0 Å². The molecule has 3 N–H and O–H groups in total. The number of carboxylic acids is 1. The third-order valence-electron chi connectivity index (χ3n) is 3.73. The minimum absolute atomic E-state index is 0.0465. The standard InChI is InChI=1S/C14H19BO5/c16-14(17)12-7-6-11(15(18)19)8-13(12)20-9-10-4-2-1-3-5-10/h6-8,10,18-19H,1-5,9H2,(H,16,17). The third-order valence-corrected chi connectivity index (χ3v) is 3.73. The summed E-state index contributed by atoms with van der Waals surface area (Å²) in [7, 11) is -1.63. The number of carboxylic acid groups (broad SMARTS) is 1. The third kappa shape index (κ3) is 3.74. The Morgan fingerprint density at radius 1 is 1.25 bits per heavy atom. The van der Waals surface area contributed by atoms with E-state index < -0.39 is 13.1 Å². The lowest BCUT2D eigenvalue weighted by molar-refractivity contribution is 0.0690. The van der Waals surface area contributed by atoms with Gasteiger partial charge in [-0.1, -0.05) is 25.3 Å². The smallest absolute Gasteiger partial charge is 0.488 e. The molecule has 0 aliphatic heterocycles. The molecule has 0 aromatic heterocycles. The topological polar surface area (TPSA) is 87.0 Å². The first-order valence-corrected chi connectivity index (χ1v) is 6.94. The van der Waals surface area contributed by atoms with Crippen LogP contribution in [0.15, 0.2) is 18.2 Å². The second-order valence-corrected chi connectivity index (χ2v) is 5.25. The number of rotatable bonds is 5. The molecule has 1 fully saturated rings. The molecule has 0 bridgehead atoms. The van der Waals surface area contributed by atoms with Crippen LogP contribution in [-0.2, 0) is 0 Å². The Kier molecular flexibility index (Phi) is 5.03. The first-order chi connectivity index (χ1) is 9.58. The van der Waals surface area contributed by atoms with Crippen LogP contribution in [0.5, 0.6) is 5.75 Å². The van der Waals surface area contributed by atoms with Gasteiger partial charge < -0.3 is 19.9 Å². The summed E-state index contributed by atoms with van der Waals surface area (Å²) in [6.45, 7) is 0.477. The molecule has 1 aromatic rings. The molecule has 1 aliphatic carbocycles. The first kappa shape index (κ1) is 14.9. The second-order valence-electron chi connectivity index (χ2n) is 5.25. The minimum Gasteiger partial charge on any atom is -0.492 e. The molecule has 0 spiro atoms. The molecule has 20 heavy (non-hydrogen) atoms. The van der Waals surface area contributed by atoms with Crippen molar-refractivity contribution in [2.45, 2.75) is 32.1 Å². The Balaban J connectivity index is 2.10. The Bertz CT molecular complexity index is 469. The van der Waals surface area contributed by atoms with E-state index in [1.165, 1.54) is 37.5 Å². The lowest BCUT2D eigenvalue weighted by Crippen LogP contribution is -2.30. The van der Waals surface area contributed by atoms with Crippen molar-refractivity contribution in [2.75, 3.05) is 6.61 Å². The molecule has 1 aromatic carbocycles. The fourth-order valence-electron chi connectivity index (χ4n) is 2.56. The lowest BCUT2D eigenvalue weighted by Gasteiger charge is -2.22. The van der Waals surface area contributed by atoms with Crippen LogP contribution in [0.25, 0.3) is 0 Å². The van der Waals surface area contributed by atoms with Gasteiger partial charge in [0.2, 0.25) is 0 Å². The van der Waals surface area contributed by atoms with E-state index in [1.54, 1.807) is 0 Å². The molecule has 108 valence electrons. The van der Waals surface area contributed by atoms with Crippen molar-refractivity contribution in [3.63, 3.8) is 0 Å². The molecule has 0 saturated heterocycles. The normalized spacial score (nSPS) is 15.9. The van der Waals surface area contributed by atoms with E-state index in [-0.39, 0.29) is 16.8 Å². The highest BCUT2D eigenvalue weighted by molar-refractivity contribution is 6.58. The van der Waals surface area contributed by atoms with E-state index >= 15 is 0 Å². The zero-order valence-corrected chi connectivity index (χ0v) is 11.3. The van der Waals surface area contributed by atoms with Crippen molar-refractivity contribution in [1.29, 1.82) is 0 Å². The number of aromatic carboxylic acids is 1. The summed E-state index contributed by atoms with van der Waals surface area (Å²) in [5, 5.41) is 27.4. The zero-order chi connectivity index (χ0) is 14.5. The van der Waals surface area contributed by atoms with Gasteiger partial charge in [0.1, 0.15) is 11.3 Å². The Labute approximate surface area is 118 Å². The van der Waals surface area contributed by atoms with Gasteiger partial charge in [0.05, 0.1) is 6.61 Å². The van der Waals surface area contributed by atoms with Crippen molar-refractivity contribution in [3.8, 4) is 5.75 Å². The number of carbonyl (C=O) groups is 1. The SMILES string of the molecule is O=C(O)c1ccc(B(O)O)cc1OCC1CCCCC1. The Morgan fingerprint density at radius 2 is 1.95 bits per heavy atom. The fraction of sp³-hybridized carbons (Fsp3) is 0.500. The van der Waals surface area contributed by atoms with E-state index in [0.717, 1.165) is 12.8 Å². The van der Waals surface area contributed by atoms with Crippen molar-refractivity contribution in [2.24, 2.45) is 5.92 Å². The highest BCUT2D eigenvalue weighted by atomic mass is 16.5. The highest BCUT2D eigenvalue weighted by Crippen LogP contribution is 2.25. The maximum atomic E-state index is 11.1. The van der Waals surface area contributed by atoms with Crippen LogP contribution < -0.4 is 10.2 Å². The van der Waals surface area contributed by atoms with Gasteiger partial charge in [-0.3, -0.25) is 0 Å². The van der Waals surface area contributed by atoms with Gasteiger partial charge in [-0.15, -0.1) is 0 Å². The molecule has 0 unspecified atom stereocenters. The van der Waals surface area contributed by atoms with E-state index in [1.807, 2.05) is 0 Å². The molecule has 2 rings (SSSR count). The Hall–Kier alpha value is -1.53. The van der Waals surface area contributed by atoms with Crippen molar-refractivity contribution in [3.05, 3.63) is 23.8 Å². The van der Waals surface area contributed by atoms with E-state index in [2.05, 4.69) is 0 Å². The summed E-state index contributed by atoms with van der Waals surface area (Å²) >= 11 is 0. The highest BCUT2D eigenvalue weighted by Gasteiger charge is 2.19. The number of hydrogen-bond donors (Lipinski definition) is 3. The van der Waals surface area contributed by atoms with Crippen LogP contribution >= 0.6 is 0 Å². The second kappa shape index (κ2) is 6.77. The molecular formula is C14H19BO5. The molecule has 1 saturated carbocycles. The van der Waals surface area contributed by atoms with Crippen LogP contribution in [0.4, 0.5) is 0 Å². The van der Waals surface area contributed by atoms with E-state index in [0.29, 0.717) is 12.5 Å². The van der Waals surface area contributed by atoms with Crippen molar-refractivity contribution >= 4 is 18.6 Å². The summed E-state index contributed by atoms with van der Waals surface area (Å²) in [5.74, 6) is -0.426. The van der Waals surface area contributed by atoms with E-state index in [9.17, 15) is 4.79 Å². The summed E-state index contributed by atoms with van der Waals surface area (Å²) < 4.78 is 5.63. The average molecular weight is 278 g/mol.